The molecule has 1 aliphatic rings. The molecule has 94 valence electrons. The molecule has 1 fully saturated rings. The van der Waals surface area contributed by atoms with Crippen molar-refractivity contribution in [1.82, 2.24) is 0 Å². The standard InChI is InChI=1S/C15H22FN/c16-15-8-4-5-12(10-15)9-14(11-17)13-6-2-1-3-7-13/h4-5,8,10,13-14H,1-3,6-7,9,11,17H2. The first kappa shape index (κ1) is 12.6. The number of nitrogens with two attached hydrogens (primary N) is 1. The summed E-state index contributed by atoms with van der Waals surface area (Å²) in [5.41, 5.74) is 6.98. The first-order valence-corrected chi connectivity index (χ1v) is 6.74. The Labute approximate surface area is 103 Å². The average molecular weight is 235 g/mol. The van der Waals surface area contributed by atoms with E-state index in [2.05, 4.69) is 0 Å². The van der Waals surface area contributed by atoms with Crippen molar-refractivity contribution in [2.45, 2.75) is 38.5 Å². The molecule has 2 rings (SSSR count). The van der Waals surface area contributed by atoms with E-state index >= 15 is 0 Å². The minimum atomic E-state index is -0.137. The number of hydrogen-bond acceptors (Lipinski definition) is 1. The van der Waals surface area contributed by atoms with Crippen molar-refractivity contribution in [2.75, 3.05) is 6.54 Å². The summed E-state index contributed by atoms with van der Waals surface area (Å²) in [6.07, 6.45) is 7.58. The molecule has 0 aliphatic heterocycles. The van der Waals surface area contributed by atoms with Gasteiger partial charge in [-0.25, -0.2) is 4.39 Å². The van der Waals surface area contributed by atoms with Gasteiger partial charge in [-0.1, -0.05) is 44.2 Å². The van der Waals surface area contributed by atoms with Gasteiger partial charge in [0.15, 0.2) is 0 Å². The minimum absolute atomic E-state index is 0.137. The highest BCUT2D eigenvalue weighted by molar-refractivity contribution is 5.17. The first-order valence-electron chi connectivity index (χ1n) is 6.74. The van der Waals surface area contributed by atoms with Gasteiger partial charge in [-0.05, 0) is 42.5 Å². The number of halogens is 1. The predicted molar refractivity (Wildman–Crippen MR) is 69.2 cm³/mol. The van der Waals surface area contributed by atoms with Crippen LogP contribution in [0, 0.1) is 17.7 Å². The molecule has 0 saturated heterocycles. The summed E-state index contributed by atoms with van der Waals surface area (Å²) in [5.74, 6) is 1.14. The summed E-state index contributed by atoms with van der Waals surface area (Å²) in [6, 6.07) is 6.95. The van der Waals surface area contributed by atoms with Gasteiger partial charge in [-0.3, -0.25) is 0 Å². The van der Waals surface area contributed by atoms with Crippen molar-refractivity contribution in [1.29, 1.82) is 0 Å². The minimum Gasteiger partial charge on any atom is -0.330 e. The zero-order chi connectivity index (χ0) is 12.1. The van der Waals surface area contributed by atoms with Crippen LogP contribution in [0.25, 0.3) is 0 Å². The largest absolute Gasteiger partial charge is 0.330 e. The van der Waals surface area contributed by atoms with E-state index < -0.39 is 0 Å². The van der Waals surface area contributed by atoms with E-state index in [4.69, 9.17) is 5.73 Å². The van der Waals surface area contributed by atoms with E-state index in [9.17, 15) is 4.39 Å². The van der Waals surface area contributed by atoms with Crippen molar-refractivity contribution >= 4 is 0 Å². The molecule has 0 heterocycles. The maximum atomic E-state index is 13.1. The fraction of sp³-hybridized carbons (Fsp3) is 0.600. The first-order chi connectivity index (χ1) is 8.29. The van der Waals surface area contributed by atoms with Crippen LogP contribution in [0.15, 0.2) is 24.3 Å². The monoisotopic (exact) mass is 235 g/mol. The molecule has 17 heavy (non-hydrogen) atoms. The summed E-state index contributed by atoms with van der Waals surface area (Å²) in [4.78, 5) is 0. The number of rotatable bonds is 4. The Bertz CT molecular complexity index is 345. The molecule has 1 aromatic rings. The van der Waals surface area contributed by atoms with Crippen molar-refractivity contribution in [3.05, 3.63) is 35.6 Å². The number of hydrogen-bond donors (Lipinski definition) is 1. The van der Waals surface area contributed by atoms with Crippen LogP contribution < -0.4 is 5.73 Å². The molecule has 2 N–H and O–H groups in total. The third-order valence-corrected chi connectivity index (χ3v) is 4.01. The molecule has 1 saturated carbocycles. The lowest BCUT2D eigenvalue weighted by molar-refractivity contribution is 0.251. The van der Waals surface area contributed by atoms with Gasteiger partial charge in [0.25, 0.3) is 0 Å². The average Bonchev–Trinajstić information content (AvgIpc) is 2.37. The van der Waals surface area contributed by atoms with E-state index in [1.54, 1.807) is 12.1 Å². The van der Waals surface area contributed by atoms with Crippen LogP contribution in [0.1, 0.15) is 37.7 Å². The van der Waals surface area contributed by atoms with Gasteiger partial charge in [0.2, 0.25) is 0 Å². The van der Waals surface area contributed by atoms with E-state index in [-0.39, 0.29) is 5.82 Å². The van der Waals surface area contributed by atoms with Crippen LogP contribution in [0.2, 0.25) is 0 Å². The summed E-state index contributed by atoms with van der Waals surface area (Å²) in [5, 5.41) is 0. The highest BCUT2D eigenvalue weighted by Gasteiger charge is 2.22. The van der Waals surface area contributed by atoms with Gasteiger partial charge in [-0.15, -0.1) is 0 Å². The molecule has 0 radical (unpaired) electrons. The van der Waals surface area contributed by atoms with Gasteiger partial charge in [-0.2, -0.15) is 0 Å². The Morgan fingerprint density at radius 1 is 1.24 bits per heavy atom. The molecular formula is C15H22FN. The molecule has 0 aromatic heterocycles. The molecule has 2 heteroatoms. The van der Waals surface area contributed by atoms with Crippen molar-refractivity contribution in [2.24, 2.45) is 17.6 Å². The summed E-state index contributed by atoms with van der Waals surface area (Å²) >= 11 is 0. The molecule has 1 aromatic carbocycles. The second-order valence-electron chi connectivity index (χ2n) is 5.23. The fourth-order valence-electron chi connectivity index (χ4n) is 3.01. The second-order valence-corrected chi connectivity index (χ2v) is 5.23. The van der Waals surface area contributed by atoms with Crippen LogP contribution in [0.3, 0.4) is 0 Å². The number of benzene rings is 1. The maximum absolute atomic E-state index is 13.1. The fourth-order valence-corrected chi connectivity index (χ4v) is 3.01. The van der Waals surface area contributed by atoms with E-state index in [0.717, 1.165) is 24.4 Å². The predicted octanol–water partition coefficient (Wildman–Crippen LogP) is 3.52. The van der Waals surface area contributed by atoms with E-state index in [0.29, 0.717) is 5.92 Å². The van der Waals surface area contributed by atoms with Gasteiger partial charge in [0, 0.05) is 0 Å². The molecule has 0 bridgehead atoms. The molecular weight excluding hydrogens is 213 g/mol. The van der Waals surface area contributed by atoms with Crippen molar-refractivity contribution in [3.8, 4) is 0 Å². The Hall–Kier alpha value is -0.890. The Morgan fingerprint density at radius 3 is 2.65 bits per heavy atom. The van der Waals surface area contributed by atoms with Crippen molar-refractivity contribution in [3.63, 3.8) is 0 Å². The van der Waals surface area contributed by atoms with E-state index in [1.165, 1.54) is 38.2 Å². The lowest BCUT2D eigenvalue weighted by atomic mass is 9.77. The third kappa shape index (κ3) is 3.53. The Balaban J connectivity index is 1.98. The molecule has 1 unspecified atom stereocenters. The third-order valence-electron chi connectivity index (χ3n) is 4.01. The Kier molecular flexibility index (Phi) is 4.55. The lowest BCUT2D eigenvalue weighted by Crippen LogP contribution is -2.27. The van der Waals surface area contributed by atoms with Gasteiger partial charge >= 0.3 is 0 Å². The quantitative estimate of drug-likeness (QED) is 0.849. The highest BCUT2D eigenvalue weighted by atomic mass is 19.1. The van der Waals surface area contributed by atoms with Gasteiger partial charge in [0.05, 0.1) is 0 Å². The van der Waals surface area contributed by atoms with Gasteiger partial charge in [0.1, 0.15) is 5.82 Å². The molecule has 0 spiro atoms. The zero-order valence-corrected chi connectivity index (χ0v) is 10.4. The maximum Gasteiger partial charge on any atom is 0.123 e. The lowest BCUT2D eigenvalue weighted by Gasteiger charge is -2.29. The molecule has 0 amide bonds. The second kappa shape index (κ2) is 6.15. The summed E-state index contributed by atoms with van der Waals surface area (Å²) in [6.45, 7) is 0.723. The van der Waals surface area contributed by atoms with E-state index in [1.807, 2.05) is 6.07 Å². The van der Waals surface area contributed by atoms with Crippen LogP contribution in [-0.2, 0) is 6.42 Å². The summed E-state index contributed by atoms with van der Waals surface area (Å²) in [7, 11) is 0. The van der Waals surface area contributed by atoms with Crippen LogP contribution in [-0.4, -0.2) is 6.54 Å². The molecule has 1 atom stereocenters. The smallest absolute Gasteiger partial charge is 0.123 e. The van der Waals surface area contributed by atoms with Crippen molar-refractivity contribution < 1.29 is 4.39 Å². The zero-order valence-electron chi connectivity index (χ0n) is 10.4. The summed E-state index contributed by atoms with van der Waals surface area (Å²) < 4.78 is 13.1. The SMILES string of the molecule is NCC(Cc1cccc(F)c1)C1CCCCC1. The van der Waals surface area contributed by atoms with Gasteiger partial charge < -0.3 is 5.73 Å². The Morgan fingerprint density at radius 2 is 2.00 bits per heavy atom. The van der Waals surface area contributed by atoms with Crippen LogP contribution >= 0.6 is 0 Å². The van der Waals surface area contributed by atoms with Crippen LogP contribution in [0.5, 0.6) is 0 Å². The van der Waals surface area contributed by atoms with Crippen LogP contribution in [0.4, 0.5) is 4.39 Å². The highest BCUT2D eigenvalue weighted by Crippen LogP contribution is 2.31. The normalized spacial score (nSPS) is 19.2. The molecule has 1 nitrogen and oxygen atoms in total. The molecule has 1 aliphatic carbocycles. The topological polar surface area (TPSA) is 26.0 Å².